The number of nitrogens with two attached hydrogens (primary N) is 1. The van der Waals surface area contributed by atoms with E-state index in [-0.39, 0.29) is 30.5 Å². The predicted molar refractivity (Wildman–Crippen MR) is 120 cm³/mol. The number of terminal acetylenes is 1. The van der Waals surface area contributed by atoms with Crippen molar-refractivity contribution < 1.29 is 19.4 Å². The average Bonchev–Trinajstić information content (AvgIpc) is 3.34. The first-order valence-corrected chi connectivity index (χ1v) is 10.6. The van der Waals surface area contributed by atoms with Gasteiger partial charge in [-0.2, -0.15) is 4.98 Å². The molecule has 1 aliphatic heterocycles. The highest BCUT2D eigenvalue weighted by Gasteiger charge is 2.49. The molecule has 1 fully saturated rings. The van der Waals surface area contributed by atoms with Gasteiger partial charge in [0.25, 0.3) is 0 Å². The molecular formula is C23H23ClN4O4. The van der Waals surface area contributed by atoms with Gasteiger partial charge in [-0.1, -0.05) is 36.3 Å². The molecule has 32 heavy (non-hydrogen) atoms. The number of fused-ring (bicyclic) bond motifs is 1. The first-order chi connectivity index (χ1) is 15.4. The molecule has 0 radical (unpaired) electrons. The number of halogens is 1. The number of aryl methyl sites for hydroxylation is 1. The maximum absolute atomic E-state index is 12.2. The lowest BCUT2D eigenvalue weighted by atomic mass is 9.99. The van der Waals surface area contributed by atoms with Crippen LogP contribution in [0.4, 0.5) is 5.82 Å². The van der Waals surface area contributed by atoms with Gasteiger partial charge in [-0.05, 0) is 36.1 Å². The Hall–Kier alpha value is -3.12. The summed E-state index contributed by atoms with van der Waals surface area (Å²) >= 11 is 5.94. The van der Waals surface area contributed by atoms with Crippen LogP contribution < -0.4 is 5.73 Å². The highest BCUT2D eigenvalue weighted by Crippen LogP contribution is 2.39. The SMILES string of the molecule is C#C[C@]1(COC(=O)CCCc2ccccc2)O[C@@H](n2ccc3c(N)nc(Cl)nc32)C[C@@H]1O. The summed E-state index contributed by atoms with van der Waals surface area (Å²) in [7, 11) is 0. The second-order valence-corrected chi connectivity index (χ2v) is 8.03. The van der Waals surface area contributed by atoms with Gasteiger partial charge in [-0.25, -0.2) is 4.98 Å². The van der Waals surface area contributed by atoms with Crippen LogP contribution in [0.15, 0.2) is 42.6 Å². The van der Waals surface area contributed by atoms with E-state index in [1.54, 1.807) is 16.8 Å². The number of nitrogens with zero attached hydrogens (tertiary/aromatic N) is 3. The zero-order valence-electron chi connectivity index (χ0n) is 17.3. The molecule has 9 heteroatoms. The third-order valence-corrected chi connectivity index (χ3v) is 5.74. The summed E-state index contributed by atoms with van der Waals surface area (Å²) in [6.45, 7) is -0.248. The molecule has 0 bridgehead atoms. The molecule has 0 amide bonds. The van der Waals surface area contributed by atoms with Crippen LogP contribution in [0.5, 0.6) is 0 Å². The van der Waals surface area contributed by atoms with E-state index in [0.717, 1.165) is 12.0 Å². The summed E-state index contributed by atoms with van der Waals surface area (Å²) in [4.78, 5) is 20.4. The summed E-state index contributed by atoms with van der Waals surface area (Å²) < 4.78 is 13.1. The average molecular weight is 455 g/mol. The minimum Gasteiger partial charge on any atom is -0.461 e. The van der Waals surface area contributed by atoms with Crippen molar-refractivity contribution in [2.24, 2.45) is 0 Å². The summed E-state index contributed by atoms with van der Waals surface area (Å²) in [5.74, 6) is 2.33. The molecule has 1 aromatic carbocycles. The summed E-state index contributed by atoms with van der Waals surface area (Å²) in [6.07, 6.45) is 7.57. The number of benzene rings is 1. The topological polar surface area (TPSA) is 112 Å². The minimum absolute atomic E-state index is 0.00106. The van der Waals surface area contributed by atoms with E-state index >= 15 is 0 Å². The van der Waals surface area contributed by atoms with Crippen LogP contribution in [0.1, 0.15) is 31.1 Å². The van der Waals surface area contributed by atoms with Gasteiger partial charge in [0.1, 0.15) is 30.4 Å². The van der Waals surface area contributed by atoms with E-state index < -0.39 is 23.9 Å². The molecule has 0 unspecified atom stereocenters. The van der Waals surface area contributed by atoms with E-state index in [2.05, 4.69) is 15.9 Å². The number of hydrogen-bond acceptors (Lipinski definition) is 7. The van der Waals surface area contributed by atoms with Crippen molar-refractivity contribution in [3.05, 3.63) is 53.4 Å². The monoisotopic (exact) mass is 454 g/mol. The van der Waals surface area contributed by atoms with Gasteiger partial charge in [-0.3, -0.25) is 4.79 Å². The van der Waals surface area contributed by atoms with Crippen LogP contribution in [0, 0.1) is 12.3 Å². The van der Waals surface area contributed by atoms with Gasteiger partial charge in [0.05, 0.1) is 5.39 Å². The number of aliphatic hydroxyl groups excluding tert-OH is 1. The van der Waals surface area contributed by atoms with Crippen molar-refractivity contribution in [1.29, 1.82) is 0 Å². The predicted octanol–water partition coefficient (Wildman–Crippen LogP) is 2.88. The Morgan fingerprint density at radius 1 is 1.38 bits per heavy atom. The van der Waals surface area contributed by atoms with Gasteiger partial charge < -0.3 is 24.9 Å². The van der Waals surface area contributed by atoms with Crippen LogP contribution in [0.2, 0.25) is 5.28 Å². The second-order valence-electron chi connectivity index (χ2n) is 7.70. The number of rotatable bonds is 7. The molecule has 166 valence electrons. The zero-order chi connectivity index (χ0) is 22.7. The molecule has 0 saturated carbocycles. The van der Waals surface area contributed by atoms with Gasteiger partial charge in [0.15, 0.2) is 5.60 Å². The smallest absolute Gasteiger partial charge is 0.305 e. The quantitative estimate of drug-likeness (QED) is 0.320. The maximum atomic E-state index is 12.2. The number of aromatic nitrogens is 3. The molecule has 3 heterocycles. The number of ether oxygens (including phenoxy) is 2. The third kappa shape index (κ3) is 4.41. The van der Waals surface area contributed by atoms with E-state index in [1.807, 2.05) is 30.3 Å². The minimum atomic E-state index is -1.46. The molecule has 2 aromatic heterocycles. The molecule has 0 spiro atoms. The van der Waals surface area contributed by atoms with Crippen molar-refractivity contribution in [1.82, 2.24) is 14.5 Å². The van der Waals surface area contributed by atoms with Crippen LogP contribution in [0.3, 0.4) is 0 Å². The summed E-state index contributed by atoms with van der Waals surface area (Å²) in [6, 6.07) is 11.6. The van der Waals surface area contributed by atoms with Crippen LogP contribution >= 0.6 is 11.6 Å². The fraction of sp³-hybridized carbons (Fsp3) is 0.348. The van der Waals surface area contributed by atoms with Gasteiger partial charge in [0, 0.05) is 19.0 Å². The zero-order valence-corrected chi connectivity index (χ0v) is 18.0. The normalized spacial score (nSPS) is 22.7. The van der Waals surface area contributed by atoms with E-state index in [9.17, 15) is 9.90 Å². The van der Waals surface area contributed by atoms with Gasteiger partial charge in [0.2, 0.25) is 5.28 Å². The summed E-state index contributed by atoms with van der Waals surface area (Å²) in [5.41, 5.74) is 6.06. The number of anilines is 1. The fourth-order valence-corrected chi connectivity index (χ4v) is 4.00. The molecule has 3 aromatic rings. The first-order valence-electron chi connectivity index (χ1n) is 10.2. The lowest BCUT2D eigenvalue weighted by Gasteiger charge is -2.26. The number of hydrogen-bond donors (Lipinski definition) is 2. The highest BCUT2D eigenvalue weighted by molar-refractivity contribution is 6.28. The first kappa shape index (κ1) is 22.1. The van der Waals surface area contributed by atoms with Crippen molar-refractivity contribution >= 4 is 34.4 Å². The van der Waals surface area contributed by atoms with Crippen LogP contribution in [-0.2, 0) is 20.7 Å². The van der Waals surface area contributed by atoms with Crippen LogP contribution in [-0.4, -0.2) is 43.9 Å². The molecular weight excluding hydrogens is 432 g/mol. The van der Waals surface area contributed by atoms with E-state index in [0.29, 0.717) is 17.5 Å². The molecule has 0 aliphatic carbocycles. The van der Waals surface area contributed by atoms with E-state index in [1.165, 1.54) is 0 Å². The number of esters is 1. The number of aliphatic hydroxyl groups is 1. The fourth-order valence-electron chi connectivity index (χ4n) is 3.83. The molecule has 1 aliphatic rings. The van der Waals surface area contributed by atoms with Crippen LogP contribution in [0.25, 0.3) is 11.0 Å². The largest absolute Gasteiger partial charge is 0.461 e. The summed E-state index contributed by atoms with van der Waals surface area (Å²) in [5, 5.41) is 11.3. The lowest BCUT2D eigenvalue weighted by Crippen LogP contribution is -2.43. The van der Waals surface area contributed by atoms with Crippen molar-refractivity contribution in [3.8, 4) is 12.3 Å². The Balaban J connectivity index is 1.39. The molecule has 3 atom stereocenters. The van der Waals surface area contributed by atoms with Crippen molar-refractivity contribution in [2.45, 2.75) is 43.6 Å². The number of carbonyl (C=O) groups excluding carboxylic acids is 1. The van der Waals surface area contributed by atoms with Crippen molar-refractivity contribution in [2.75, 3.05) is 12.3 Å². The van der Waals surface area contributed by atoms with Gasteiger partial charge in [-0.15, -0.1) is 6.42 Å². The van der Waals surface area contributed by atoms with Gasteiger partial charge >= 0.3 is 5.97 Å². The Morgan fingerprint density at radius 2 is 2.16 bits per heavy atom. The Kier molecular flexibility index (Phi) is 6.33. The number of nitrogen functional groups attached to an aromatic ring is 1. The number of carbonyl (C=O) groups is 1. The molecule has 4 rings (SSSR count). The standard InChI is InChI=1S/C23H23ClN4O4/c1-2-23(14-31-19(30)10-6-9-15-7-4-3-5-8-15)17(29)13-18(32-23)28-12-11-16-20(25)26-22(24)27-21(16)28/h1,3-5,7-8,11-12,17-18,29H,6,9-10,13-14H2,(H2,25,26,27)/t17-,18+,23+/m0/s1. The van der Waals surface area contributed by atoms with E-state index in [4.69, 9.17) is 33.2 Å². The Bertz CT molecular complexity index is 1160. The molecule has 8 nitrogen and oxygen atoms in total. The Morgan fingerprint density at radius 3 is 2.91 bits per heavy atom. The molecule has 1 saturated heterocycles. The maximum Gasteiger partial charge on any atom is 0.305 e. The molecule has 3 N–H and O–H groups in total. The van der Waals surface area contributed by atoms with Crippen molar-refractivity contribution in [3.63, 3.8) is 0 Å². The highest BCUT2D eigenvalue weighted by atomic mass is 35.5. The lowest BCUT2D eigenvalue weighted by molar-refractivity contribution is -0.156. The third-order valence-electron chi connectivity index (χ3n) is 5.57. The second kappa shape index (κ2) is 9.17. The Labute approximate surface area is 190 Å².